The van der Waals surface area contributed by atoms with Crippen molar-refractivity contribution in [2.24, 2.45) is 0 Å². The predicted octanol–water partition coefficient (Wildman–Crippen LogP) is -0.225. The number of sulfone groups is 1. The highest BCUT2D eigenvalue weighted by Crippen LogP contribution is 2.20. The fourth-order valence-electron chi connectivity index (χ4n) is 2.44. The van der Waals surface area contributed by atoms with Gasteiger partial charge in [-0.25, -0.2) is 13.2 Å². The Morgan fingerprint density at radius 3 is 2.60 bits per heavy atom. The first kappa shape index (κ1) is 15.4. The highest BCUT2D eigenvalue weighted by molar-refractivity contribution is 7.99. The molecule has 2 N–H and O–H groups in total. The number of carboxylic acid groups (broad SMARTS) is 1. The van der Waals surface area contributed by atoms with Crippen molar-refractivity contribution in [1.29, 1.82) is 0 Å². The minimum absolute atomic E-state index is 0.0142. The van der Waals surface area contributed by atoms with Crippen LogP contribution in [0.4, 0.5) is 4.79 Å². The molecule has 9 heteroatoms. The van der Waals surface area contributed by atoms with E-state index in [1.54, 1.807) is 11.8 Å². The van der Waals surface area contributed by atoms with E-state index in [1.165, 1.54) is 0 Å². The molecule has 0 aliphatic carbocycles. The zero-order valence-electron chi connectivity index (χ0n) is 10.9. The Bertz CT molecular complexity index is 487. The van der Waals surface area contributed by atoms with Crippen molar-refractivity contribution < 1.29 is 23.1 Å². The number of nitrogens with one attached hydrogen (secondary N) is 1. The second-order valence-electron chi connectivity index (χ2n) is 5.09. The summed E-state index contributed by atoms with van der Waals surface area (Å²) in [7, 11) is -3.16. The van der Waals surface area contributed by atoms with Crippen LogP contribution >= 0.6 is 11.8 Å². The maximum atomic E-state index is 12.2. The molecule has 114 valence electrons. The van der Waals surface area contributed by atoms with Gasteiger partial charge in [-0.2, -0.15) is 11.8 Å². The Balaban J connectivity index is 2.02. The lowest BCUT2D eigenvalue weighted by atomic mass is 10.2. The molecule has 0 radical (unpaired) electrons. The molecular weight excluding hydrogens is 304 g/mol. The normalized spacial score (nSPS) is 28.2. The van der Waals surface area contributed by atoms with Gasteiger partial charge in [0.25, 0.3) is 0 Å². The summed E-state index contributed by atoms with van der Waals surface area (Å²) in [6.45, 7) is -0.466. The van der Waals surface area contributed by atoms with E-state index in [9.17, 15) is 18.0 Å². The van der Waals surface area contributed by atoms with Crippen LogP contribution < -0.4 is 5.32 Å². The summed E-state index contributed by atoms with van der Waals surface area (Å²) in [5.41, 5.74) is 0. The van der Waals surface area contributed by atoms with Crippen molar-refractivity contribution in [3.05, 3.63) is 0 Å². The Morgan fingerprint density at radius 1 is 1.35 bits per heavy atom. The van der Waals surface area contributed by atoms with Crippen LogP contribution in [0.25, 0.3) is 0 Å². The zero-order chi connectivity index (χ0) is 14.8. The van der Waals surface area contributed by atoms with Crippen molar-refractivity contribution in [2.75, 3.05) is 29.6 Å². The zero-order valence-corrected chi connectivity index (χ0v) is 12.6. The van der Waals surface area contributed by atoms with Crippen molar-refractivity contribution in [3.8, 4) is 0 Å². The summed E-state index contributed by atoms with van der Waals surface area (Å²) in [6, 6.07) is -0.964. The summed E-state index contributed by atoms with van der Waals surface area (Å²) in [6.07, 6.45) is 1.17. The standard InChI is InChI=1S/C11H18N2O5S2/c14-10(15)5-13(9-2-4-20(17,18)7-9)11(16)12-8-1-3-19-6-8/h8-9H,1-7H2,(H,12,16)(H,14,15). The lowest BCUT2D eigenvalue weighted by Gasteiger charge is -2.28. The van der Waals surface area contributed by atoms with E-state index >= 15 is 0 Å². The lowest BCUT2D eigenvalue weighted by Crippen LogP contribution is -2.51. The summed E-state index contributed by atoms with van der Waals surface area (Å²) in [5.74, 6) is 0.523. The number of nitrogens with zero attached hydrogens (tertiary/aromatic N) is 1. The molecule has 20 heavy (non-hydrogen) atoms. The first-order chi connectivity index (χ1) is 9.37. The van der Waals surface area contributed by atoms with Gasteiger partial charge in [0, 0.05) is 17.8 Å². The number of aliphatic carboxylic acids is 1. The van der Waals surface area contributed by atoms with Gasteiger partial charge < -0.3 is 15.3 Å². The number of hydrogen-bond acceptors (Lipinski definition) is 5. The third-order valence-corrected chi connectivity index (χ3v) is 6.39. The second-order valence-corrected chi connectivity index (χ2v) is 8.47. The Kier molecular flexibility index (Phi) is 4.79. The molecule has 0 aromatic rings. The first-order valence-corrected chi connectivity index (χ1v) is 9.42. The predicted molar refractivity (Wildman–Crippen MR) is 75.7 cm³/mol. The van der Waals surface area contributed by atoms with E-state index in [1.807, 2.05) is 0 Å². The van der Waals surface area contributed by atoms with Crippen LogP contribution in [0.3, 0.4) is 0 Å². The fraction of sp³-hybridized carbons (Fsp3) is 0.818. The van der Waals surface area contributed by atoms with Crippen LogP contribution in [0.5, 0.6) is 0 Å². The quantitative estimate of drug-likeness (QED) is 0.741. The average Bonchev–Trinajstić information content (AvgIpc) is 2.95. The number of rotatable bonds is 4. The van der Waals surface area contributed by atoms with Crippen LogP contribution in [0.1, 0.15) is 12.8 Å². The number of carboxylic acids is 1. The number of hydrogen-bond donors (Lipinski definition) is 2. The summed E-state index contributed by atoms with van der Waals surface area (Å²) < 4.78 is 23.0. The van der Waals surface area contributed by atoms with E-state index in [-0.39, 0.29) is 17.5 Å². The third-order valence-electron chi connectivity index (χ3n) is 3.47. The van der Waals surface area contributed by atoms with E-state index in [4.69, 9.17) is 5.11 Å². The number of amides is 2. The summed E-state index contributed by atoms with van der Waals surface area (Å²) in [4.78, 5) is 24.2. The Hall–Kier alpha value is -0.960. The lowest BCUT2D eigenvalue weighted by molar-refractivity contribution is -0.138. The topological polar surface area (TPSA) is 104 Å². The molecule has 0 spiro atoms. The van der Waals surface area contributed by atoms with Gasteiger partial charge in [-0.1, -0.05) is 0 Å². The van der Waals surface area contributed by atoms with Gasteiger partial charge in [-0.15, -0.1) is 0 Å². The number of urea groups is 1. The van der Waals surface area contributed by atoms with Crippen LogP contribution in [-0.2, 0) is 14.6 Å². The van der Waals surface area contributed by atoms with Gasteiger partial charge in [0.2, 0.25) is 0 Å². The van der Waals surface area contributed by atoms with Crippen LogP contribution in [0.2, 0.25) is 0 Å². The largest absolute Gasteiger partial charge is 0.480 e. The van der Waals surface area contributed by atoms with Crippen molar-refractivity contribution >= 4 is 33.6 Å². The van der Waals surface area contributed by atoms with Gasteiger partial charge in [0.1, 0.15) is 6.54 Å². The smallest absolute Gasteiger partial charge is 0.323 e. The van der Waals surface area contributed by atoms with E-state index in [2.05, 4.69) is 5.32 Å². The molecule has 2 amide bonds. The van der Waals surface area contributed by atoms with E-state index in [0.29, 0.717) is 6.42 Å². The van der Waals surface area contributed by atoms with Gasteiger partial charge in [0.15, 0.2) is 9.84 Å². The maximum absolute atomic E-state index is 12.2. The highest BCUT2D eigenvalue weighted by Gasteiger charge is 2.36. The van der Waals surface area contributed by atoms with Crippen LogP contribution in [0.15, 0.2) is 0 Å². The number of carbonyl (C=O) groups is 2. The number of thioether (sulfide) groups is 1. The molecule has 2 rings (SSSR count). The van der Waals surface area contributed by atoms with E-state index in [0.717, 1.165) is 22.8 Å². The maximum Gasteiger partial charge on any atom is 0.323 e. The van der Waals surface area contributed by atoms with Gasteiger partial charge in [-0.05, 0) is 18.6 Å². The molecule has 0 aromatic heterocycles. The molecule has 0 aromatic carbocycles. The average molecular weight is 322 g/mol. The molecular formula is C11H18N2O5S2. The minimum Gasteiger partial charge on any atom is -0.480 e. The van der Waals surface area contributed by atoms with Gasteiger partial charge in [0.05, 0.1) is 11.5 Å². The molecule has 7 nitrogen and oxygen atoms in total. The second kappa shape index (κ2) is 6.21. The molecule has 2 heterocycles. The van der Waals surface area contributed by atoms with Gasteiger partial charge in [-0.3, -0.25) is 4.79 Å². The Labute approximate surface area is 122 Å². The monoisotopic (exact) mass is 322 g/mol. The van der Waals surface area contributed by atoms with Crippen molar-refractivity contribution in [2.45, 2.75) is 24.9 Å². The molecule has 0 saturated carbocycles. The molecule has 2 aliphatic rings. The first-order valence-electron chi connectivity index (χ1n) is 6.44. The minimum atomic E-state index is -3.16. The van der Waals surface area contributed by atoms with E-state index < -0.39 is 34.4 Å². The van der Waals surface area contributed by atoms with Crippen molar-refractivity contribution in [1.82, 2.24) is 10.2 Å². The molecule has 2 atom stereocenters. The molecule has 2 aliphatic heterocycles. The number of carbonyl (C=O) groups excluding carboxylic acids is 1. The van der Waals surface area contributed by atoms with Crippen molar-refractivity contribution in [3.63, 3.8) is 0 Å². The molecule has 0 bridgehead atoms. The summed E-state index contributed by atoms with van der Waals surface area (Å²) in [5, 5.41) is 11.7. The molecule has 2 unspecified atom stereocenters. The SMILES string of the molecule is O=C(O)CN(C(=O)NC1CCSC1)C1CCS(=O)(=O)C1. The van der Waals surface area contributed by atoms with Gasteiger partial charge >= 0.3 is 12.0 Å². The third kappa shape index (κ3) is 4.02. The molecule has 2 saturated heterocycles. The van der Waals surface area contributed by atoms with Crippen LogP contribution in [-0.4, -0.2) is 72.1 Å². The highest BCUT2D eigenvalue weighted by atomic mass is 32.2. The molecule has 2 fully saturated rings. The summed E-state index contributed by atoms with van der Waals surface area (Å²) >= 11 is 1.74. The fourth-order valence-corrected chi connectivity index (χ4v) is 5.32. The van der Waals surface area contributed by atoms with Crippen LogP contribution in [0, 0.1) is 0 Å². The Morgan fingerprint density at radius 2 is 2.10 bits per heavy atom.